The number of benzene rings is 1. The van der Waals surface area contributed by atoms with E-state index >= 15 is 0 Å². The molecule has 1 aromatic rings. The van der Waals surface area contributed by atoms with Gasteiger partial charge in [0.2, 0.25) is 0 Å². The van der Waals surface area contributed by atoms with E-state index in [2.05, 4.69) is 11.8 Å². The molecule has 2 fully saturated rings. The van der Waals surface area contributed by atoms with Gasteiger partial charge in [-0.1, -0.05) is 6.92 Å². The van der Waals surface area contributed by atoms with Crippen molar-refractivity contribution >= 4 is 5.91 Å². The van der Waals surface area contributed by atoms with E-state index in [1.165, 1.54) is 12.1 Å². The molecule has 0 bridgehead atoms. The molecule has 1 aliphatic carbocycles. The van der Waals surface area contributed by atoms with E-state index in [-0.39, 0.29) is 11.7 Å². The second-order valence-corrected chi connectivity index (χ2v) is 7.84. The summed E-state index contributed by atoms with van der Waals surface area (Å²) in [7, 11) is 0. The number of carbonyl (C=O) groups is 1. The molecule has 5 heteroatoms. The zero-order valence-electron chi connectivity index (χ0n) is 15.1. The Labute approximate surface area is 149 Å². The highest BCUT2D eigenvalue weighted by atomic mass is 19.1. The van der Waals surface area contributed by atoms with E-state index in [4.69, 9.17) is 0 Å². The molecule has 1 saturated heterocycles. The Bertz CT molecular complexity index is 582. The zero-order chi connectivity index (χ0) is 17.9. The SMILES string of the molecule is CC1CCC(O)(CN2CCCN(C(=O)c3ccc(F)cc3)CC2)CC1. The van der Waals surface area contributed by atoms with Gasteiger partial charge in [-0.05, 0) is 62.3 Å². The lowest BCUT2D eigenvalue weighted by Gasteiger charge is -2.38. The molecule has 0 atom stereocenters. The van der Waals surface area contributed by atoms with Gasteiger partial charge in [0.05, 0.1) is 5.60 Å². The summed E-state index contributed by atoms with van der Waals surface area (Å²) in [6, 6.07) is 5.76. The number of halogens is 1. The Morgan fingerprint density at radius 3 is 2.52 bits per heavy atom. The first-order valence-corrected chi connectivity index (χ1v) is 9.45. The summed E-state index contributed by atoms with van der Waals surface area (Å²) in [5.41, 5.74) is -0.0300. The molecule has 1 amide bonds. The van der Waals surface area contributed by atoms with Crippen molar-refractivity contribution in [3.63, 3.8) is 0 Å². The fraction of sp³-hybridized carbons (Fsp3) is 0.650. The first-order chi connectivity index (χ1) is 12.0. The van der Waals surface area contributed by atoms with Crippen LogP contribution < -0.4 is 0 Å². The third-order valence-electron chi connectivity index (χ3n) is 5.69. The lowest BCUT2D eigenvalue weighted by Crippen LogP contribution is -2.46. The number of rotatable bonds is 3. The molecule has 0 unspecified atom stereocenters. The van der Waals surface area contributed by atoms with Gasteiger partial charge < -0.3 is 10.0 Å². The van der Waals surface area contributed by atoms with Crippen LogP contribution in [0.5, 0.6) is 0 Å². The van der Waals surface area contributed by atoms with E-state index in [1.54, 1.807) is 12.1 Å². The number of amides is 1. The van der Waals surface area contributed by atoms with Crippen LogP contribution in [0.1, 0.15) is 49.4 Å². The molecule has 2 aliphatic rings. The number of nitrogens with zero attached hydrogens (tertiary/aromatic N) is 2. The van der Waals surface area contributed by atoms with Crippen LogP contribution in [-0.4, -0.2) is 59.1 Å². The molecule has 1 aromatic carbocycles. The first-order valence-electron chi connectivity index (χ1n) is 9.45. The van der Waals surface area contributed by atoms with Crippen molar-refractivity contribution in [2.75, 3.05) is 32.7 Å². The molecule has 25 heavy (non-hydrogen) atoms. The second kappa shape index (κ2) is 7.83. The Morgan fingerprint density at radius 1 is 1.16 bits per heavy atom. The first kappa shape index (κ1) is 18.3. The van der Waals surface area contributed by atoms with E-state index in [1.807, 2.05) is 4.90 Å². The minimum absolute atomic E-state index is 0.0351. The maximum absolute atomic E-state index is 13.0. The molecular weight excluding hydrogens is 319 g/mol. The Morgan fingerprint density at radius 2 is 1.84 bits per heavy atom. The monoisotopic (exact) mass is 348 g/mol. The quantitative estimate of drug-likeness (QED) is 0.913. The van der Waals surface area contributed by atoms with E-state index in [0.29, 0.717) is 31.1 Å². The molecule has 3 rings (SSSR count). The summed E-state index contributed by atoms with van der Waals surface area (Å²) < 4.78 is 13.0. The topological polar surface area (TPSA) is 43.8 Å². The van der Waals surface area contributed by atoms with Crippen LogP contribution in [0.4, 0.5) is 4.39 Å². The fourth-order valence-corrected chi connectivity index (χ4v) is 3.98. The van der Waals surface area contributed by atoms with Crippen LogP contribution in [-0.2, 0) is 0 Å². The van der Waals surface area contributed by atoms with Crippen LogP contribution in [0.15, 0.2) is 24.3 Å². The standard InChI is InChI=1S/C20H29FN2O2/c1-16-7-9-20(25,10-8-16)15-22-11-2-12-23(14-13-22)19(24)17-3-5-18(21)6-4-17/h3-6,16,25H,2,7-15H2,1H3. The number of β-amino-alcohol motifs (C(OH)–C–C–N with tert-alkyl or cyclic N) is 1. The van der Waals surface area contributed by atoms with Crippen molar-refractivity contribution in [2.24, 2.45) is 5.92 Å². The molecule has 1 N–H and O–H groups in total. The maximum atomic E-state index is 13.0. The van der Waals surface area contributed by atoms with Gasteiger partial charge in [-0.3, -0.25) is 9.69 Å². The molecule has 0 aromatic heterocycles. The van der Waals surface area contributed by atoms with Crippen molar-refractivity contribution in [3.8, 4) is 0 Å². The number of aliphatic hydroxyl groups is 1. The third-order valence-corrected chi connectivity index (χ3v) is 5.69. The predicted octanol–water partition coefficient (Wildman–Crippen LogP) is 2.91. The maximum Gasteiger partial charge on any atom is 0.253 e. The van der Waals surface area contributed by atoms with E-state index in [0.717, 1.165) is 45.2 Å². The summed E-state index contributed by atoms with van der Waals surface area (Å²) in [6.07, 6.45) is 4.85. The zero-order valence-corrected chi connectivity index (χ0v) is 15.1. The fourth-order valence-electron chi connectivity index (χ4n) is 3.98. The van der Waals surface area contributed by atoms with Crippen LogP contribution in [0.2, 0.25) is 0 Å². The summed E-state index contributed by atoms with van der Waals surface area (Å²) in [4.78, 5) is 16.7. The van der Waals surface area contributed by atoms with Gasteiger partial charge >= 0.3 is 0 Å². The molecule has 0 spiro atoms. The van der Waals surface area contributed by atoms with Crippen LogP contribution in [0.3, 0.4) is 0 Å². The van der Waals surface area contributed by atoms with Gasteiger partial charge in [-0.25, -0.2) is 4.39 Å². The largest absolute Gasteiger partial charge is 0.389 e. The van der Waals surface area contributed by atoms with E-state index < -0.39 is 5.60 Å². The smallest absolute Gasteiger partial charge is 0.253 e. The van der Waals surface area contributed by atoms with Gasteiger partial charge in [0.25, 0.3) is 5.91 Å². The summed E-state index contributed by atoms with van der Waals surface area (Å²) in [6.45, 7) is 6.02. The summed E-state index contributed by atoms with van der Waals surface area (Å²) in [5.74, 6) is 0.355. The highest BCUT2D eigenvalue weighted by Gasteiger charge is 2.34. The van der Waals surface area contributed by atoms with Gasteiger partial charge in [0.15, 0.2) is 0 Å². The van der Waals surface area contributed by atoms with Gasteiger partial charge in [-0.15, -0.1) is 0 Å². The summed E-state index contributed by atoms with van der Waals surface area (Å²) in [5, 5.41) is 10.9. The van der Waals surface area contributed by atoms with Crippen LogP contribution in [0.25, 0.3) is 0 Å². The molecule has 138 valence electrons. The van der Waals surface area contributed by atoms with Crippen LogP contribution in [0, 0.1) is 11.7 Å². The normalized spacial score (nSPS) is 28.6. The van der Waals surface area contributed by atoms with Crippen molar-refractivity contribution in [3.05, 3.63) is 35.6 Å². The average Bonchev–Trinajstić information content (AvgIpc) is 2.83. The molecule has 1 aliphatic heterocycles. The Balaban J connectivity index is 1.55. The summed E-state index contributed by atoms with van der Waals surface area (Å²) >= 11 is 0. The van der Waals surface area contributed by atoms with Gasteiger partial charge in [-0.2, -0.15) is 0 Å². The highest BCUT2D eigenvalue weighted by Crippen LogP contribution is 2.32. The minimum Gasteiger partial charge on any atom is -0.389 e. The van der Waals surface area contributed by atoms with Crippen molar-refractivity contribution in [1.29, 1.82) is 0 Å². The Kier molecular flexibility index (Phi) is 5.74. The van der Waals surface area contributed by atoms with Crippen molar-refractivity contribution in [2.45, 2.75) is 44.6 Å². The van der Waals surface area contributed by atoms with Crippen molar-refractivity contribution in [1.82, 2.24) is 9.80 Å². The molecule has 1 saturated carbocycles. The predicted molar refractivity (Wildman–Crippen MR) is 95.9 cm³/mol. The Hall–Kier alpha value is -1.46. The number of hydrogen-bond donors (Lipinski definition) is 1. The minimum atomic E-state index is -0.567. The lowest BCUT2D eigenvalue weighted by molar-refractivity contribution is -0.0341. The lowest BCUT2D eigenvalue weighted by atomic mass is 9.79. The van der Waals surface area contributed by atoms with Crippen molar-refractivity contribution < 1.29 is 14.3 Å². The second-order valence-electron chi connectivity index (χ2n) is 7.84. The highest BCUT2D eigenvalue weighted by molar-refractivity contribution is 5.94. The van der Waals surface area contributed by atoms with Gasteiger partial charge in [0.1, 0.15) is 5.82 Å². The number of hydrogen-bond acceptors (Lipinski definition) is 3. The van der Waals surface area contributed by atoms with Crippen LogP contribution >= 0.6 is 0 Å². The average molecular weight is 348 g/mol. The molecular formula is C20H29FN2O2. The molecule has 0 radical (unpaired) electrons. The molecule has 4 nitrogen and oxygen atoms in total. The third kappa shape index (κ3) is 4.79. The number of carbonyl (C=O) groups excluding carboxylic acids is 1. The van der Waals surface area contributed by atoms with E-state index in [9.17, 15) is 14.3 Å². The van der Waals surface area contributed by atoms with Gasteiger partial charge in [0, 0.05) is 38.3 Å². The molecule has 1 heterocycles.